The van der Waals surface area contributed by atoms with Gasteiger partial charge in [-0.15, -0.1) is 11.3 Å². The highest BCUT2D eigenvalue weighted by Gasteiger charge is 2.19. The van der Waals surface area contributed by atoms with Crippen LogP contribution in [0.4, 0.5) is 9.52 Å². The third kappa shape index (κ3) is 4.57. The summed E-state index contributed by atoms with van der Waals surface area (Å²) < 4.78 is 14.3. The molecule has 1 aliphatic heterocycles. The van der Waals surface area contributed by atoms with E-state index in [9.17, 15) is 9.18 Å². The van der Waals surface area contributed by atoms with Gasteiger partial charge >= 0.3 is 0 Å². The van der Waals surface area contributed by atoms with Crippen molar-refractivity contribution in [3.8, 4) is 11.3 Å². The van der Waals surface area contributed by atoms with Gasteiger partial charge in [0.25, 0.3) is 0 Å². The van der Waals surface area contributed by atoms with Crippen molar-refractivity contribution in [3.05, 3.63) is 35.0 Å². The Morgan fingerprint density at radius 2 is 2.32 bits per heavy atom. The summed E-state index contributed by atoms with van der Waals surface area (Å²) in [7, 11) is 0. The highest BCUT2D eigenvalue weighted by atomic mass is 32.1. The maximum Gasteiger partial charge on any atom is 0.216 e. The fourth-order valence-electron chi connectivity index (χ4n) is 3.19. The van der Waals surface area contributed by atoms with Crippen LogP contribution in [0.15, 0.2) is 23.6 Å². The number of nitrogens with one attached hydrogen (secondary N) is 1. The molecule has 1 aromatic carbocycles. The molecule has 2 heterocycles. The van der Waals surface area contributed by atoms with Crippen molar-refractivity contribution in [3.63, 3.8) is 0 Å². The zero-order valence-corrected chi connectivity index (χ0v) is 15.5. The van der Waals surface area contributed by atoms with Crippen molar-refractivity contribution < 1.29 is 9.18 Å². The zero-order valence-electron chi connectivity index (χ0n) is 14.7. The number of piperidine rings is 1. The van der Waals surface area contributed by atoms with Gasteiger partial charge in [0.1, 0.15) is 5.82 Å². The molecule has 6 heteroatoms. The molecule has 3 rings (SSSR count). The Balaban J connectivity index is 1.70. The minimum atomic E-state index is -0.246. The standard InChI is InChI=1S/C19H24FN3OS/c1-13-4-3-9-23(11-13)19-22-18(12-25-19)16-6-5-15(17(20)10-16)7-8-21-14(2)24/h5-6,10,12-13H,3-4,7-9,11H2,1-2H3,(H,21,24)/t13-/m0/s1. The average Bonchev–Trinajstić information content (AvgIpc) is 3.06. The molecule has 1 aliphatic rings. The predicted molar refractivity (Wildman–Crippen MR) is 101 cm³/mol. The van der Waals surface area contributed by atoms with Crippen LogP contribution in [0.3, 0.4) is 0 Å². The Morgan fingerprint density at radius 3 is 3.04 bits per heavy atom. The quantitative estimate of drug-likeness (QED) is 0.879. The lowest BCUT2D eigenvalue weighted by Gasteiger charge is -2.30. The van der Waals surface area contributed by atoms with E-state index in [1.165, 1.54) is 19.8 Å². The highest BCUT2D eigenvalue weighted by Crippen LogP contribution is 2.31. The highest BCUT2D eigenvalue weighted by molar-refractivity contribution is 7.14. The van der Waals surface area contributed by atoms with Gasteiger partial charge in [-0.1, -0.05) is 19.1 Å². The van der Waals surface area contributed by atoms with Crippen molar-refractivity contribution in [2.45, 2.75) is 33.1 Å². The molecule has 0 radical (unpaired) electrons. The van der Waals surface area contributed by atoms with E-state index >= 15 is 0 Å². The molecule has 1 fully saturated rings. The van der Waals surface area contributed by atoms with Crippen LogP contribution in [0.2, 0.25) is 0 Å². The van der Waals surface area contributed by atoms with Gasteiger partial charge in [0, 0.05) is 37.5 Å². The van der Waals surface area contributed by atoms with Crippen LogP contribution in [0, 0.1) is 11.7 Å². The van der Waals surface area contributed by atoms with Crippen LogP contribution in [0.1, 0.15) is 32.3 Å². The third-order valence-corrected chi connectivity index (χ3v) is 5.44. The number of thiazole rings is 1. The largest absolute Gasteiger partial charge is 0.356 e. The van der Waals surface area contributed by atoms with Gasteiger partial charge in [-0.3, -0.25) is 4.79 Å². The van der Waals surface area contributed by atoms with E-state index in [0.717, 1.165) is 29.5 Å². The van der Waals surface area contributed by atoms with Gasteiger partial charge in [-0.2, -0.15) is 0 Å². The van der Waals surface area contributed by atoms with Crippen LogP contribution >= 0.6 is 11.3 Å². The molecule has 1 aromatic heterocycles. The Hall–Kier alpha value is -1.95. The molecule has 0 unspecified atom stereocenters. The Labute approximate surface area is 152 Å². The van der Waals surface area contributed by atoms with Gasteiger partial charge in [0.15, 0.2) is 5.13 Å². The van der Waals surface area contributed by atoms with Crippen LogP contribution in [0.25, 0.3) is 11.3 Å². The number of benzene rings is 1. The van der Waals surface area contributed by atoms with Crippen molar-refractivity contribution in [2.24, 2.45) is 5.92 Å². The van der Waals surface area contributed by atoms with E-state index in [1.54, 1.807) is 23.5 Å². The fourth-order valence-corrected chi connectivity index (χ4v) is 4.06. The van der Waals surface area contributed by atoms with Crippen LogP contribution < -0.4 is 10.2 Å². The normalized spacial score (nSPS) is 17.6. The minimum absolute atomic E-state index is 0.0981. The van der Waals surface area contributed by atoms with Crippen LogP contribution in [-0.4, -0.2) is 30.5 Å². The Morgan fingerprint density at radius 1 is 1.48 bits per heavy atom. The van der Waals surface area contributed by atoms with E-state index in [2.05, 4.69) is 17.1 Å². The second kappa shape index (κ2) is 7.95. The van der Waals surface area contributed by atoms with Gasteiger partial charge in [-0.25, -0.2) is 9.37 Å². The second-order valence-corrected chi connectivity index (χ2v) is 7.58. The van der Waals surface area contributed by atoms with Crippen LogP contribution in [0.5, 0.6) is 0 Å². The predicted octanol–water partition coefficient (Wildman–Crippen LogP) is 3.86. The topological polar surface area (TPSA) is 45.2 Å². The summed E-state index contributed by atoms with van der Waals surface area (Å²) in [5, 5.41) is 5.71. The number of hydrogen-bond acceptors (Lipinski definition) is 4. The Bertz CT molecular complexity index is 746. The average molecular weight is 361 g/mol. The summed E-state index contributed by atoms with van der Waals surface area (Å²) in [6.07, 6.45) is 2.97. The van der Waals surface area contributed by atoms with Gasteiger partial charge in [-0.05, 0) is 36.8 Å². The van der Waals surface area contributed by atoms with E-state index in [1.807, 2.05) is 11.4 Å². The summed E-state index contributed by atoms with van der Waals surface area (Å²) in [6, 6.07) is 5.24. The molecule has 4 nitrogen and oxygen atoms in total. The van der Waals surface area contributed by atoms with E-state index < -0.39 is 0 Å². The molecular weight excluding hydrogens is 337 g/mol. The van der Waals surface area contributed by atoms with Crippen molar-refractivity contribution in [1.29, 1.82) is 0 Å². The van der Waals surface area contributed by atoms with Crippen molar-refractivity contribution in [1.82, 2.24) is 10.3 Å². The first kappa shape index (κ1) is 17.9. The van der Waals surface area contributed by atoms with Gasteiger partial charge in [0.05, 0.1) is 5.69 Å². The maximum absolute atomic E-state index is 14.3. The monoisotopic (exact) mass is 361 g/mol. The van der Waals surface area contributed by atoms with E-state index in [0.29, 0.717) is 24.4 Å². The lowest BCUT2D eigenvalue weighted by Crippen LogP contribution is -2.34. The van der Waals surface area contributed by atoms with E-state index in [-0.39, 0.29) is 11.7 Å². The first-order valence-corrected chi connectivity index (χ1v) is 9.64. The molecule has 1 N–H and O–H groups in total. The molecular formula is C19H24FN3OS. The summed E-state index contributed by atoms with van der Waals surface area (Å²) in [5.74, 6) is 0.351. The van der Waals surface area contributed by atoms with E-state index in [4.69, 9.17) is 4.98 Å². The number of aromatic nitrogens is 1. The molecule has 1 saturated heterocycles. The maximum atomic E-state index is 14.3. The zero-order chi connectivity index (χ0) is 17.8. The van der Waals surface area contributed by atoms with Gasteiger partial charge < -0.3 is 10.2 Å². The molecule has 1 atom stereocenters. The third-order valence-electron chi connectivity index (χ3n) is 4.54. The van der Waals surface area contributed by atoms with Crippen molar-refractivity contribution in [2.75, 3.05) is 24.5 Å². The first-order chi connectivity index (χ1) is 12.0. The second-order valence-electron chi connectivity index (χ2n) is 6.75. The summed E-state index contributed by atoms with van der Waals surface area (Å²) in [6.45, 7) is 6.27. The molecule has 25 heavy (non-hydrogen) atoms. The molecule has 0 spiro atoms. The van der Waals surface area contributed by atoms with Gasteiger partial charge in [0.2, 0.25) is 5.91 Å². The summed E-state index contributed by atoms with van der Waals surface area (Å²) >= 11 is 1.62. The number of hydrogen-bond donors (Lipinski definition) is 1. The number of rotatable bonds is 5. The Kier molecular flexibility index (Phi) is 5.68. The number of carbonyl (C=O) groups is 1. The molecule has 0 saturated carbocycles. The number of anilines is 1. The molecule has 134 valence electrons. The molecule has 0 bridgehead atoms. The summed E-state index contributed by atoms with van der Waals surface area (Å²) in [4.78, 5) is 17.9. The fraction of sp³-hybridized carbons (Fsp3) is 0.474. The lowest BCUT2D eigenvalue weighted by atomic mass is 10.0. The number of amides is 1. The molecule has 1 amide bonds. The number of carbonyl (C=O) groups excluding carboxylic acids is 1. The SMILES string of the molecule is CC(=O)NCCc1ccc(-c2csc(N3CCC[C@H](C)C3)n2)cc1F. The molecule has 2 aromatic rings. The minimum Gasteiger partial charge on any atom is -0.356 e. The number of halogens is 1. The van der Waals surface area contributed by atoms with Crippen LogP contribution in [-0.2, 0) is 11.2 Å². The first-order valence-electron chi connectivity index (χ1n) is 8.76. The van der Waals surface area contributed by atoms with Crippen molar-refractivity contribution >= 4 is 22.4 Å². The molecule has 0 aliphatic carbocycles. The number of nitrogens with zero attached hydrogens (tertiary/aromatic N) is 2. The smallest absolute Gasteiger partial charge is 0.216 e. The summed E-state index contributed by atoms with van der Waals surface area (Å²) in [5.41, 5.74) is 2.23. The lowest BCUT2D eigenvalue weighted by molar-refractivity contribution is -0.118.